The Balaban J connectivity index is 2.54. The molecule has 0 bridgehead atoms. The van der Waals surface area contributed by atoms with Crippen molar-refractivity contribution in [1.29, 1.82) is 0 Å². The first-order chi connectivity index (χ1) is 14.3. The number of benzene rings is 2. The molecule has 0 atom stereocenters. The van der Waals surface area contributed by atoms with Gasteiger partial charge in [-0.2, -0.15) is 0 Å². The molecule has 7 heteroatoms. The molecule has 0 spiro atoms. The van der Waals surface area contributed by atoms with E-state index in [1.807, 2.05) is 19.9 Å². The van der Waals surface area contributed by atoms with E-state index in [-0.39, 0.29) is 29.6 Å². The lowest BCUT2D eigenvalue weighted by Gasteiger charge is -2.18. The highest BCUT2D eigenvalue weighted by Crippen LogP contribution is 2.40. The van der Waals surface area contributed by atoms with Gasteiger partial charge in [0.2, 0.25) is 0 Å². The third-order valence-electron chi connectivity index (χ3n) is 4.20. The number of aromatic hydroxyl groups is 1. The SMILES string of the molecule is COCOc1c(CC=C(C)C)c(O)cc(OC)c1C(=O)/C=C/c1ccc(F)c(F)c1. The van der Waals surface area contributed by atoms with Gasteiger partial charge in [-0.3, -0.25) is 4.79 Å². The zero-order valence-corrected chi connectivity index (χ0v) is 17.3. The summed E-state index contributed by atoms with van der Waals surface area (Å²) in [5.41, 5.74) is 1.82. The average molecular weight is 418 g/mol. The van der Waals surface area contributed by atoms with Gasteiger partial charge in [0.05, 0.1) is 7.11 Å². The average Bonchev–Trinajstić information content (AvgIpc) is 2.71. The largest absolute Gasteiger partial charge is 0.507 e. The van der Waals surface area contributed by atoms with Crippen LogP contribution in [0.1, 0.15) is 35.3 Å². The predicted octanol–water partition coefficient (Wildman–Crippen LogP) is 5.07. The Morgan fingerprint density at radius 2 is 1.87 bits per heavy atom. The Bertz CT molecular complexity index is 976. The van der Waals surface area contributed by atoms with Crippen LogP contribution in [0.3, 0.4) is 0 Å². The van der Waals surface area contributed by atoms with Gasteiger partial charge in [0.1, 0.15) is 22.8 Å². The van der Waals surface area contributed by atoms with Gasteiger partial charge in [0, 0.05) is 18.7 Å². The number of phenols is 1. The standard InChI is InChI=1S/C23H24F2O5/c1-14(2)5-8-16-20(27)12-21(29-4)22(23(16)30-13-28-3)19(26)10-7-15-6-9-17(24)18(25)11-15/h5-7,9-12,27H,8,13H2,1-4H3/b10-7+. The van der Waals surface area contributed by atoms with E-state index in [1.54, 1.807) is 0 Å². The summed E-state index contributed by atoms with van der Waals surface area (Å²) in [4.78, 5) is 13.0. The van der Waals surface area contributed by atoms with Crippen LogP contribution >= 0.6 is 0 Å². The molecule has 2 rings (SSSR count). The second-order valence-corrected chi connectivity index (χ2v) is 6.69. The van der Waals surface area contributed by atoms with Gasteiger partial charge in [0.15, 0.2) is 24.2 Å². The smallest absolute Gasteiger partial charge is 0.193 e. The number of halogens is 2. The summed E-state index contributed by atoms with van der Waals surface area (Å²) < 4.78 is 42.4. The minimum atomic E-state index is -1.01. The number of methoxy groups -OCH3 is 2. The van der Waals surface area contributed by atoms with Crippen molar-refractivity contribution in [3.63, 3.8) is 0 Å². The van der Waals surface area contributed by atoms with Gasteiger partial charge in [0.25, 0.3) is 0 Å². The van der Waals surface area contributed by atoms with Gasteiger partial charge in [-0.25, -0.2) is 8.78 Å². The molecule has 0 radical (unpaired) electrons. The lowest BCUT2D eigenvalue weighted by atomic mass is 9.99. The number of carbonyl (C=O) groups excluding carboxylic acids is 1. The van der Waals surface area contributed by atoms with Crippen LogP contribution in [-0.2, 0) is 11.2 Å². The maximum atomic E-state index is 13.4. The number of hydrogen-bond acceptors (Lipinski definition) is 5. The summed E-state index contributed by atoms with van der Waals surface area (Å²) >= 11 is 0. The molecule has 0 aliphatic heterocycles. The van der Waals surface area contributed by atoms with Gasteiger partial charge in [-0.05, 0) is 44.0 Å². The first-order valence-electron chi connectivity index (χ1n) is 9.13. The second-order valence-electron chi connectivity index (χ2n) is 6.69. The highest BCUT2D eigenvalue weighted by atomic mass is 19.2. The minimum Gasteiger partial charge on any atom is -0.507 e. The van der Waals surface area contributed by atoms with Gasteiger partial charge in [-0.1, -0.05) is 23.8 Å². The lowest BCUT2D eigenvalue weighted by Crippen LogP contribution is -2.09. The molecule has 0 aromatic heterocycles. The molecule has 2 aromatic rings. The van der Waals surface area contributed by atoms with E-state index in [2.05, 4.69) is 0 Å². The Hall–Kier alpha value is -3.19. The van der Waals surface area contributed by atoms with Gasteiger partial charge >= 0.3 is 0 Å². The summed E-state index contributed by atoms with van der Waals surface area (Å²) in [7, 11) is 2.79. The summed E-state index contributed by atoms with van der Waals surface area (Å²) in [6.45, 7) is 3.67. The fourth-order valence-corrected chi connectivity index (χ4v) is 2.71. The zero-order valence-electron chi connectivity index (χ0n) is 17.3. The van der Waals surface area contributed by atoms with Crippen molar-refractivity contribution in [3.8, 4) is 17.2 Å². The summed E-state index contributed by atoms with van der Waals surface area (Å²) in [6, 6.07) is 4.65. The van der Waals surface area contributed by atoms with Crippen molar-refractivity contribution in [2.75, 3.05) is 21.0 Å². The predicted molar refractivity (Wildman–Crippen MR) is 110 cm³/mol. The third kappa shape index (κ3) is 5.67. The van der Waals surface area contributed by atoms with Crippen molar-refractivity contribution >= 4 is 11.9 Å². The molecule has 0 amide bonds. The number of hydrogen-bond donors (Lipinski definition) is 1. The van der Waals surface area contributed by atoms with Crippen molar-refractivity contribution in [3.05, 3.63) is 70.3 Å². The van der Waals surface area contributed by atoms with Crippen molar-refractivity contribution in [2.45, 2.75) is 20.3 Å². The van der Waals surface area contributed by atoms with Crippen molar-refractivity contribution in [2.24, 2.45) is 0 Å². The fourth-order valence-electron chi connectivity index (χ4n) is 2.71. The lowest BCUT2D eigenvalue weighted by molar-refractivity contribution is 0.0494. The first-order valence-corrected chi connectivity index (χ1v) is 9.13. The Kier molecular flexibility index (Phi) is 8.12. The van der Waals surface area contributed by atoms with Crippen LogP contribution < -0.4 is 9.47 Å². The molecule has 0 aliphatic carbocycles. The second kappa shape index (κ2) is 10.5. The summed E-state index contributed by atoms with van der Waals surface area (Å²) in [5.74, 6) is -2.33. The van der Waals surface area contributed by atoms with Crippen LogP contribution in [-0.4, -0.2) is 31.9 Å². The number of ether oxygens (including phenoxy) is 3. The monoisotopic (exact) mass is 418 g/mol. The molecule has 0 aliphatic rings. The van der Waals surface area contributed by atoms with Gasteiger partial charge in [-0.15, -0.1) is 0 Å². The molecule has 0 heterocycles. The number of allylic oxidation sites excluding steroid dienone is 3. The van der Waals surface area contributed by atoms with Crippen LogP contribution in [0.15, 0.2) is 42.0 Å². The fraction of sp³-hybridized carbons (Fsp3) is 0.261. The first kappa shape index (κ1) is 23.1. The van der Waals surface area contributed by atoms with Crippen LogP contribution in [0, 0.1) is 11.6 Å². The Morgan fingerprint density at radius 3 is 2.47 bits per heavy atom. The van der Waals surface area contributed by atoms with E-state index in [4.69, 9.17) is 14.2 Å². The van der Waals surface area contributed by atoms with Crippen LogP contribution in [0.25, 0.3) is 6.08 Å². The maximum absolute atomic E-state index is 13.4. The number of phenolic OH excluding ortho intramolecular Hbond substituents is 1. The molecule has 30 heavy (non-hydrogen) atoms. The van der Waals surface area contributed by atoms with Crippen LogP contribution in [0.4, 0.5) is 8.78 Å². The van der Waals surface area contributed by atoms with E-state index in [0.29, 0.717) is 17.5 Å². The maximum Gasteiger partial charge on any atom is 0.193 e. The third-order valence-corrected chi connectivity index (χ3v) is 4.20. The number of ketones is 1. The Labute approximate surface area is 174 Å². The van der Waals surface area contributed by atoms with E-state index in [1.165, 1.54) is 38.5 Å². The van der Waals surface area contributed by atoms with Crippen molar-refractivity contribution in [1.82, 2.24) is 0 Å². The Morgan fingerprint density at radius 1 is 1.13 bits per heavy atom. The molecule has 0 saturated carbocycles. The van der Waals surface area contributed by atoms with E-state index in [0.717, 1.165) is 17.7 Å². The van der Waals surface area contributed by atoms with E-state index < -0.39 is 17.4 Å². The zero-order chi connectivity index (χ0) is 22.3. The number of carbonyl (C=O) groups is 1. The molecule has 2 aromatic carbocycles. The quantitative estimate of drug-likeness (QED) is 0.267. The molecule has 1 N–H and O–H groups in total. The summed E-state index contributed by atoms with van der Waals surface area (Å²) in [6.07, 6.45) is 4.76. The molecule has 0 saturated heterocycles. The number of rotatable bonds is 9. The van der Waals surface area contributed by atoms with E-state index in [9.17, 15) is 18.7 Å². The summed E-state index contributed by atoms with van der Waals surface area (Å²) in [5, 5.41) is 10.4. The van der Waals surface area contributed by atoms with E-state index >= 15 is 0 Å². The molecule has 160 valence electrons. The molecule has 0 fully saturated rings. The molecular formula is C23H24F2O5. The topological polar surface area (TPSA) is 65.0 Å². The molecule has 5 nitrogen and oxygen atoms in total. The normalized spacial score (nSPS) is 10.9. The molecule has 0 unspecified atom stereocenters. The van der Waals surface area contributed by atoms with Gasteiger partial charge < -0.3 is 19.3 Å². The minimum absolute atomic E-state index is 0.0864. The van der Waals surface area contributed by atoms with Crippen molar-refractivity contribution < 1.29 is 32.9 Å². The highest BCUT2D eigenvalue weighted by Gasteiger charge is 2.24. The van der Waals surface area contributed by atoms with Crippen LogP contribution in [0.2, 0.25) is 0 Å². The molecular weight excluding hydrogens is 394 g/mol. The van der Waals surface area contributed by atoms with Crippen LogP contribution in [0.5, 0.6) is 17.2 Å². The highest BCUT2D eigenvalue weighted by molar-refractivity contribution is 6.11.